The molecule has 3 saturated heterocycles. The number of piperidine rings is 1. The number of aliphatic hydroxyl groups is 1. The summed E-state index contributed by atoms with van der Waals surface area (Å²) >= 11 is 0. The van der Waals surface area contributed by atoms with Crippen molar-refractivity contribution in [3.63, 3.8) is 0 Å². The number of fused-ring (bicyclic) bond motifs is 2. The van der Waals surface area contributed by atoms with Crippen LogP contribution in [0.3, 0.4) is 0 Å². The van der Waals surface area contributed by atoms with E-state index in [1.54, 1.807) is 13.0 Å². The lowest BCUT2D eigenvalue weighted by Gasteiger charge is -2.45. The van der Waals surface area contributed by atoms with Gasteiger partial charge in [-0.2, -0.15) is 0 Å². The number of hydrogen-bond donors (Lipinski definition) is 3. The Morgan fingerprint density at radius 2 is 2.03 bits per heavy atom. The average Bonchev–Trinajstić information content (AvgIpc) is 3.19. The number of rotatable bonds is 8. The first kappa shape index (κ1) is 27.6. The molecule has 4 fully saturated rings. The lowest BCUT2D eigenvalue weighted by atomic mass is 9.68. The van der Waals surface area contributed by atoms with Gasteiger partial charge in [-0.1, -0.05) is 6.08 Å². The Hall–Kier alpha value is -1.48. The predicted octanol–water partition coefficient (Wildman–Crippen LogP) is 2.18. The van der Waals surface area contributed by atoms with Gasteiger partial charge < -0.3 is 24.6 Å². The molecule has 204 valence electrons. The van der Waals surface area contributed by atoms with E-state index < -0.39 is 11.2 Å². The minimum absolute atomic E-state index is 0.0161. The molecule has 36 heavy (non-hydrogen) atoms. The van der Waals surface area contributed by atoms with Crippen molar-refractivity contribution in [2.45, 2.75) is 115 Å². The van der Waals surface area contributed by atoms with E-state index in [4.69, 9.17) is 19.9 Å². The van der Waals surface area contributed by atoms with Crippen molar-refractivity contribution in [1.29, 1.82) is 0 Å². The molecule has 0 spiro atoms. The number of aliphatic hydroxyl groups excluding tert-OH is 1. The molecule has 1 aliphatic carbocycles. The smallest absolute Gasteiger partial charge is 0.334 e. The van der Waals surface area contributed by atoms with E-state index in [1.165, 1.54) is 0 Å². The second-order valence-corrected chi connectivity index (χ2v) is 12.3. The molecule has 0 bridgehead atoms. The van der Waals surface area contributed by atoms with Crippen molar-refractivity contribution in [1.82, 2.24) is 0 Å². The topological polar surface area (TPSA) is 125 Å². The van der Waals surface area contributed by atoms with Gasteiger partial charge in [0.15, 0.2) is 0 Å². The molecular weight excluding hydrogens is 460 g/mol. The minimum atomic E-state index is -0.817. The van der Waals surface area contributed by atoms with Crippen LogP contribution in [0, 0.1) is 23.7 Å². The van der Waals surface area contributed by atoms with Gasteiger partial charge in [0.2, 0.25) is 0 Å². The van der Waals surface area contributed by atoms with Crippen LogP contribution in [-0.2, 0) is 23.8 Å². The monoisotopic (exact) mass is 507 g/mol. The highest BCUT2D eigenvalue weighted by molar-refractivity contribution is 5.88. The summed E-state index contributed by atoms with van der Waals surface area (Å²) in [5.41, 5.74) is 5.46. The molecule has 3 heterocycles. The van der Waals surface area contributed by atoms with Crippen molar-refractivity contribution < 1.29 is 34.2 Å². The molecule has 3 aliphatic heterocycles. The van der Waals surface area contributed by atoms with Gasteiger partial charge in [0, 0.05) is 25.0 Å². The number of quaternary nitrogens is 1. The Labute approximate surface area is 215 Å². The third kappa shape index (κ3) is 5.66. The molecular formula is C28H47N2O6+. The van der Waals surface area contributed by atoms with Crippen LogP contribution < -0.4 is 11.1 Å². The molecule has 0 aromatic heterocycles. The number of carbonyl (C=O) groups is 2. The SMILES string of the molecule is CC=C(C)C(=O)OC(C)(C)C1(CC2CC[NH2+]C(N)C2)CC2CC3CC(CCCO)C(=O)OC3CC2O1. The molecule has 0 radical (unpaired) electrons. The first-order valence-electron chi connectivity index (χ1n) is 14.0. The summed E-state index contributed by atoms with van der Waals surface area (Å²) in [5.74, 6) is 0.517. The number of allylic oxidation sites excluding steroid dienone is 1. The number of nitrogens with two attached hydrogens (primary N) is 2. The maximum absolute atomic E-state index is 12.9. The van der Waals surface area contributed by atoms with E-state index in [0.717, 1.165) is 45.1 Å². The fraction of sp³-hybridized carbons (Fsp3) is 0.857. The second kappa shape index (κ2) is 11.1. The van der Waals surface area contributed by atoms with Crippen molar-refractivity contribution in [2.75, 3.05) is 13.2 Å². The maximum Gasteiger partial charge on any atom is 0.334 e. The highest BCUT2D eigenvalue weighted by atomic mass is 16.6. The third-order valence-electron chi connectivity index (χ3n) is 9.46. The van der Waals surface area contributed by atoms with Crippen LogP contribution in [0.1, 0.15) is 85.5 Å². The Bertz CT molecular complexity index is 844. The van der Waals surface area contributed by atoms with Crippen LogP contribution >= 0.6 is 0 Å². The summed E-state index contributed by atoms with van der Waals surface area (Å²) in [6.07, 6.45) is 9.17. The van der Waals surface area contributed by atoms with Crippen molar-refractivity contribution in [2.24, 2.45) is 29.4 Å². The van der Waals surface area contributed by atoms with Gasteiger partial charge in [0.05, 0.1) is 18.6 Å². The number of hydrogen-bond acceptors (Lipinski definition) is 7. The molecule has 5 N–H and O–H groups in total. The largest absolute Gasteiger partial charge is 0.462 e. The number of ether oxygens (including phenoxy) is 3. The first-order valence-corrected chi connectivity index (χ1v) is 14.0. The van der Waals surface area contributed by atoms with E-state index in [2.05, 4.69) is 5.32 Å². The zero-order valence-electron chi connectivity index (χ0n) is 22.5. The summed E-state index contributed by atoms with van der Waals surface area (Å²) in [5, 5.41) is 11.4. The van der Waals surface area contributed by atoms with E-state index in [-0.39, 0.29) is 42.8 Å². The maximum atomic E-state index is 12.9. The van der Waals surface area contributed by atoms with Crippen LogP contribution in [0.4, 0.5) is 0 Å². The average molecular weight is 508 g/mol. The van der Waals surface area contributed by atoms with E-state index >= 15 is 0 Å². The fourth-order valence-corrected chi connectivity index (χ4v) is 7.18. The lowest BCUT2D eigenvalue weighted by Crippen LogP contribution is -2.94. The van der Waals surface area contributed by atoms with Gasteiger partial charge in [-0.25, -0.2) is 4.79 Å². The van der Waals surface area contributed by atoms with Gasteiger partial charge in [-0.05, 0) is 90.4 Å². The summed E-state index contributed by atoms with van der Waals surface area (Å²) in [6.45, 7) is 8.72. The molecule has 8 atom stereocenters. The summed E-state index contributed by atoms with van der Waals surface area (Å²) < 4.78 is 19.1. The molecule has 0 amide bonds. The van der Waals surface area contributed by atoms with Crippen LogP contribution in [0.5, 0.6) is 0 Å². The van der Waals surface area contributed by atoms with E-state index in [9.17, 15) is 14.7 Å². The van der Waals surface area contributed by atoms with Crippen molar-refractivity contribution >= 4 is 11.9 Å². The Morgan fingerprint density at radius 1 is 1.25 bits per heavy atom. The van der Waals surface area contributed by atoms with E-state index in [0.29, 0.717) is 42.6 Å². The zero-order chi connectivity index (χ0) is 26.1. The van der Waals surface area contributed by atoms with Crippen LogP contribution in [0.25, 0.3) is 0 Å². The van der Waals surface area contributed by atoms with Gasteiger partial charge >= 0.3 is 11.9 Å². The van der Waals surface area contributed by atoms with Gasteiger partial charge in [-0.15, -0.1) is 0 Å². The molecule has 8 unspecified atom stereocenters. The predicted molar refractivity (Wildman–Crippen MR) is 134 cm³/mol. The molecule has 0 aromatic rings. The molecule has 8 heteroatoms. The second-order valence-electron chi connectivity index (χ2n) is 12.3. The standard InChI is InChI=1S/C28H46N2O6/c1-5-17(2)25(32)36-27(3,4)28(15-18-8-9-30-24(29)11-18)16-21-13-20-12-19(7-6-10-31)26(33)34-22(20)14-23(21)35-28/h5,18-24,30-31H,6-16,29H2,1-4H3/p+1. The van der Waals surface area contributed by atoms with Crippen LogP contribution in [-0.4, -0.2) is 59.8 Å². The highest BCUT2D eigenvalue weighted by Crippen LogP contribution is 2.54. The number of carbonyl (C=O) groups excluding carboxylic acids is 2. The molecule has 4 aliphatic rings. The minimum Gasteiger partial charge on any atom is -0.462 e. The molecule has 8 nitrogen and oxygen atoms in total. The van der Waals surface area contributed by atoms with Gasteiger partial charge in [-0.3, -0.25) is 10.5 Å². The van der Waals surface area contributed by atoms with Crippen LogP contribution in [0.2, 0.25) is 0 Å². The first-order chi connectivity index (χ1) is 17.1. The van der Waals surface area contributed by atoms with Crippen LogP contribution in [0.15, 0.2) is 11.6 Å². The van der Waals surface area contributed by atoms with Crippen molar-refractivity contribution in [3.05, 3.63) is 11.6 Å². The summed E-state index contributed by atoms with van der Waals surface area (Å²) in [7, 11) is 0. The quantitative estimate of drug-likeness (QED) is 0.340. The fourth-order valence-electron chi connectivity index (χ4n) is 7.18. The Balaban J connectivity index is 1.55. The molecule has 4 rings (SSSR count). The Morgan fingerprint density at radius 3 is 2.72 bits per heavy atom. The van der Waals surface area contributed by atoms with Gasteiger partial charge in [0.25, 0.3) is 0 Å². The Kier molecular flexibility index (Phi) is 8.49. The highest BCUT2D eigenvalue weighted by Gasteiger charge is 2.60. The van der Waals surface area contributed by atoms with Gasteiger partial charge in [0.1, 0.15) is 23.5 Å². The normalized spacial score (nSPS) is 39.2. The number of esters is 2. The third-order valence-corrected chi connectivity index (χ3v) is 9.46. The van der Waals surface area contributed by atoms with Crippen molar-refractivity contribution in [3.8, 4) is 0 Å². The zero-order valence-corrected chi connectivity index (χ0v) is 22.5. The summed E-state index contributed by atoms with van der Waals surface area (Å²) in [4.78, 5) is 25.5. The lowest BCUT2D eigenvalue weighted by molar-refractivity contribution is -0.699. The summed E-state index contributed by atoms with van der Waals surface area (Å²) in [6, 6.07) is 0. The van der Waals surface area contributed by atoms with E-state index in [1.807, 2.05) is 20.8 Å². The molecule has 0 aromatic carbocycles. The molecule has 1 saturated carbocycles.